The second-order valence-corrected chi connectivity index (χ2v) is 11.2. The number of phenols is 1. The molecule has 2 aromatic heterocycles. The molecule has 1 saturated heterocycles. The molecule has 0 radical (unpaired) electrons. The molecule has 6 rings (SSSR count). The average Bonchev–Trinajstić information content (AvgIpc) is 3.42. The normalized spacial score (nSPS) is 19.5. The van der Waals surface area contributed by atoms with Crippen LogP contribution in [0.5, 0.6) is 5.75 Å². The van der Waals surface area contributed by atoms with Gasteiger partial charge in [-0.1, -0.05) is 36.8 Å². The van der Waals surface area contributed by atoms with E-state index in [2.05, 4.69) is 15.3 Å². The zero-order valence-electron chi connectivity index (χ0n) is 23.6. The Balaban J connectivity index is 1.13. The van der Waals surface area contributed by atoms with Crippen LogP contribution in [-0.2, 0) is 17.7 Å². The third kappa shape index (κ3) is 6.52. The lowest BCUT2D eigenvalue weighted by Gasteiger charge is -2.29. The Morgan fingerprint density at radius 1 is 0.905 bits per heavy atom. The number of nitrogens with one attached hydrogen (secondary N) is 1. The number of halogens is 2. The van der Waals surface area contributed by atoms with E-state index in [0.29, 0.717) is 79.8 Å². The quantitative estimate of drug-likeness (QED) is 0.260. The second-order valence-electron chi connectivity index (χ2n) is 11.2. The van der Waals surface area contributed by atoms with Crippen LogP contribution in [0.1, 0.15) is 62.2 Å². The van der Waals surface area contributed by atoms with Crippen LogP contribution in [-0.4, -0.2) is 62.0 Å². The van der Waals surface area contributed by atoms with Crippen LogP contribution >= 0.6 is 0 Å². The first-order valence-corrected chi connectivity index (χ1v) is 14.9. The predicted molar refractivity (Wildman–Crippen MR) is 156 cm³/mol. The summed E-state index contributed by atoms with van der Waals surface area (Å²) in [4.78, 5) is 20.3. The highest BCUT2D eigenvalue weighted by molar-refractivity contribution is 5.77. The third-order valence-electron chi connectivity index (χ3n) is 8.37. The predicted octanol–water partition coefficient (Wildman–Crippen LogP) is 5.36. The number of phenolic OH excluding ortho intramolecular Hbond substituents is 1. The monoisotopic (exact) mass is 577 g/mol. The smallest absolute Gasteiger partial charge is 0.296 e. The molecule has 11 heteroatoms. The van der Waals surface area contributed by atoms with E-state index in [0.717, 1.165) is 44.1 Å². The van der Waals surface area contributed by atoms with E-state index in [1.54, 1.807) is 30.3 Å². The zero-order valence-corrected chi connectivity index (χ0v) is 23.6. The lowest BCUT2D eigenvalue weighted by Crippen LogP contribution is -2.37. The van der Waals surface area contributed by atoms with Crippen molar-refractivity contribution < 1.29 is 18.6 Å². The second kappa shape index (κ2) is 13.1. The summed E-state index contributed by atoms with van der Waals surface area (Å²) in [7, 11) is 0. The Labute approximate surface area is 244 Å². The first kappa shape index (κ1) is 28.4. The number of aryl methyl sites for hydroxylation is 1. The summed E-state index contributed by atoms with van der Waals surface area (Å²) >= 11 is 0. The highest BCUT2D eigenvalue weighted by Gasteiger charge is 2.25. The Hall–Kier alpha value is -3.70. The molecule has 2 N–H and O–H groups in total. The molecular formula is C31H37F2N7O2. The van der Waals surface area contributed by atoms with Gasteiger partial charge in [0.15, 0.2) is 5.82 Å². The van der Waals surface area contributed by atoms with Crippen molar-refractivity contribution in [1.29, 1.82) is 0 Å². The number of alkyl halides is 2. The fraction of sp³-hybridized carbons (Fsp3) is 0.484. The van der Waals surface area contributed by atoms with Gasteiger partial charge in [-0.25, -0.2) is 13.8 Å². The first-order valence-electron chi connectivity index (χ1n) is 14.9. The first-order chi connectivity index (χ1) is 20.5. The molecule has 0 unspecified atom stereocenters. The fourth-order valence-corrected chi connectivity index (χ4v) is 6.03. The number of aromatic hydroxyl groups is 1. The Morgan fingerprint density at radius 2 is 1.64 bits per heavy atom. The SMILES string of the molecule is Oc1ccccc1CNC1CCC(CCCc2nc(N3CCOCC3)nc(-n3c(C(F)F)nc4ccccc43)n2)CC1. The summed E-state index contributed by atoms with van der Waals surface area (Å²) in [6.45, 7) is 3.08. The molecule has 42 heavy (non-hydrogen) atoms. The molecule has 1 aliphatic carbocycles. The molecule has 2 aromatic carbocycles. The molecule has 1 saturated carbocycles. The van der Waals surface area contributed by atoms with Crippen molar-refractivity contribution in [3.63, 3.8) is 0 Å². The summed E-state index contributed by atoms with van der Waals surface area (Å²) in [5, 5.41) is 13.6. The van der Waals surface area contributed by atoms with E-state index in [-0.39, 0.29) is 11.8 Å². The number of morpholine rings is 1. The van der Waals surface area contributed by atoms with Crippen molar-refractivity contribution in [2.24, 2.45) is 5.92 Å². The molecule has 222 valence electrons. The maximum atomic E-state index is 14.1. The van der Waals surface area contributed by atoms with E-state index >= 15 is 0 Å². The number of hydrogen-bond donors (Lipinski definition) is 2. The van der Waals surface area contributed by atoms with Gasteiger partial charge in [0.2, 0.25) is 11.9 Å². The molecule has 1 aliphatic heterocycles. The minimum atomic E-state index is -2.77. The number of fused-ring (bicyclic) bond motifs is 1. The molecule has 3 heterocycles. The third-order valence-corrected chi connectivity index (χ3v) is 8.37. The molecule has 9 nitrogen and oxygen atoms in total. The van der Waals surface area contributed by atoms with Gasteiger partial charge < -0.3 is 20.1 Å². The summed E-state index contributed by atoms with van der Waals surface area (Å²) in [6.07, 6.45) is 4.38. The van der Waals surface area contributed by atoms with Gasteiger partial charge in [0.05, 0.1) is 24.2 Å². The Bertz CT molecular complexity index is 1480. The number of para-hydroxylation sites is 3. The summed E-state index contributed by atoms with van der Waals surface area (Å²) < 4.78 is 35.1. The summed E-state index contributed by atoms with van der Waals surface area (Å²) in [5.41, 5.74) is 1.95. The maximum Gasteiger partial charge on any atom is 0.296 e. The Morgan fingerprint density at radius 3 is 2.43 bits per heavy atom. The zero-order chi connectivity index (χ0) is 28.9. The van der Waals surface area contributed by atoms with Crippen LogP contribution in [0.25, 0.3) is 17.0 Å². The van der Waals surface area contributed by atoms with Gasteiger partial charge in [-0.15, -0.1) is 0 Å². The fourth-order valence-electron chi connectivity index (χ4n) is 6.03. The molecule has 2 fully saturated rings. The minimum absolute atomic E-state index is 0.182. The van der Waals surface area contributed by atoms with E-state index in [4.69, 9.17) is 14.7 Å². The van der Waals surface area contributed by atoms with Crippen LogP contribution in [0, 0.1) is 5.92 Å². The van der Waals surface area contributed by atoms with Crippen molar-refractivity contribution in [1.82, 2.24) is 29.8 Å². The average molecular weight is 578 g/mol. The highest BCUT2D eigenvalue weighted by Crippen LogP contribution is 2.30. The van der Waals surface area contributed by atoms with E-state index in [1.165, 1.54) is 4.57 Å². The largest absolute Gasteiger partial charge is 0.508 e. The van der Waals surface area contributed by atoms with Crippen LogP contribution in [0.3, 0.4) is 0 Å². The number of hydrogen-bond acceptors (Lipinski definition) is 8. The van der Waals surface area contributed by atoms with Gasteiger partial charge in [-0.2, -0.15) is 15.0 Å². The molecule has 0 atom stereocenters. The molecule has 2 aliphatic rings. The van der Waals surface area contributed by atoms with Crippen molar-refractivity contribution in [3.8, 4) is 11.7 Å². The number of nitrogens with zero attached hydrogens (tertiary/aromatic N) is 6. The van der Waals surface area contributed by atoms with Gasteiger partial charge in [0, 0.05) is 37.7 Å². The number of aromatic nitrogens is 5. The van der Waals surface area contributed by atoms with Gasteiger partial charge in [0.1, 0.15) is 11.6 Å². The van der Waals surface area contributed by atoms with Crippen molar-refractivity contribution >= 4 is 17.0 Å². The number of imidazole rings is 1. The molecule has 4 aromatic rings. The van der Waals surface area contributed by atoms with Crippen LogP contribution in [0.4, 0.5) is 14.7 Å². The van der Waals surface area contributed by atoms with Gasteiger partial charge in [-0.3, -0.25) is 4.57 Å². The van der Waals surface area contributed by atoms with Crippen LogP contribution in [0.15, 0.2) is 48.5 Å². The van der Waals surface area contributed by atoms with Crippen LogP contribution < -0.4 is 10.2 Å². The number of benzene rings is 2. The van der Waals surface area contributed by atoms with E-state index in [9.17, 15) is 13.9 Å². The van der Waals surface area contributed by atoms with Crippen molar-refractivity contribution in [3.05, 3.63) is 65.7 Å². The summed E-state index contributed by atoms with van der Waals surface area (Å²) in [6, 6.07) is 15.0. The molecule has 0 spiro atoms. The van der Waals surface area contributed by atoms with E-state index < -0.39 is 6.43 Å². The van der Waals surface area contributed by atoms with Crippen molar-refractivity contribution in [2.45, 2.75) is 64.0 Å². The topological polar surface area (TPSA) is 101 Å². The van der Waals surface area contributed by atoms with Gasteiger partial charge in [0.25, 0.3) is 6.43 Å². The van der Waals surface area contributed by atoms with Gasteiger partial charge in [-0.05, 0) is 56.2 Å². The van der Waals surface area contributed by atoms with E-state index in [1.807, 2.05) is 23.1 Å². The number of ether oxygens (including phenoxy) is 1. The Kier molecular flexibility index (Phi) is 8.85. The lowest BCUT2D eigenvalue weighted by molar-refractivity contribution is 0.122. The highest BCUT2D eigenvalue weighted by atomic mass is 19.3. The van der Waals surface area contributed by atoms with Crippen LogP contribution in [0.2, 0.25) is 0 Å². The number of rotatable bonds is 10. The maximum absolute atomic E-state index is 14.1. The summed E-state index contributed by atoms with van der Waals surface area (Å²) in [5.74, 6) is 1.89. The van der Waals surface area contributed by atoms with Crippen molar-refractivity contribution in [2.75, 3.05) is 31.2 Å². The minimum Gasteiger partial charge on any atom is -0.508 e. The molecule has 0 bridgehead atoms. The van der Waals surface area contributed by atoms with Gasteiger partial charge >= 0.3 is 0 Å². The molecular weight excluding hydrogens is 540 g/mol. The number of anilines is 1. The standard InChI is InChI=1S/C31H37F2N7O2/c32-28(33)29-35-24-8-2-3-9-25(24)40(29)31-37-27(36-30(38-31)39-16-18-42-19-17-39)11-5-6-21-12-14-23(15-13-21)34-20-22-7-1-4-10-26(22)41/h1-4,7-10,21,23,28,34,41H,5-6,11-20H2. The lowest BCUT2D eigenvalue weighted by atomic mass is 9.83. The molecule has 0 amide bonds.